The van der Waals surface area contributed by atoms with Gasteiger partial charge in [0.25, 0.3) is 0 Å². The van der Waals surface area contributed by atoms with Crippen LogP contribution in [0, 0.1) is 0 Å². The number of amides is 1. The van der Waals surface area contributed by atoms with Crippen LogP contribution in [0.3, 0.4) is 0 Å². The molecule has 0 bridgehead atoms. The second-order valence-electron chi connectivity index (χ2n) is 6.37. The lowest BCUT2D eigenvalue weighted by atomic mass is 10.1. The number of nitrogens with one attached hydrogen (secondary N) is 1. The maximum atomic E-state index is 12.3. The molecular formula is C15H18F3NO7S. The van der Waals surface area contributed by atoms with E-state index in [1.54, 1.807) is 20.8 Å². The quantitative estimate of drug-likeness (QED) is 0.543. The van der Waals surface area contributed by atoms with Crippen LogP contribution in [0.1, 0.15) is 26.3 Å². The molecule has 152 valence electrons. The minimum Gasteiger partial charge on any atom is -0.480 e. The van der Waals surface area contributed by atoms with Gasteiger partial charge in [-0.3, -0.25) is 0 Å². The average Bonchev–Trinajstić information content (AvgIpc) is 2.45. The number of carboxylic acids is 1. The maximum absolute atomic E-state index is 12.3. The van der Waals surface area contributed by atoms with Crippen LogP contribution in [0.15, 0.2) is 24.3 Å². The minimum absolute atomic E-state index is 0.221. The largest absolute Gasteiger partial charge is 0.534 e. The molecule has 1 aromatic carbocycles. The van der Waals surface area contributed by atoms with Crippen LogP contribution in [0.5, 0.6) is 5.75 Å². The number of carbonyl (C=O) groups excluding carboxylic acids is 1. The first kappa shape index (κ1) is 22.5. The van der Waals surface area contributed by atoms with Crippen LogP contribution in [0.25, 0.3) is 0 Å². The maximum Gasteiger partial charge on any atom is 0.534 e. The van der Waals surface area contributed by atoms with Crippen molar-refractivity contribution in [1.82, 2.24) is 5.32 Å². The summed E-state index contributed by atoms with van der Waals surface area (Å²) in [5.74, 6) is -1.95. The van der Waals surface area contributed by atoms with Crippen molar-refractivity contribution in [3.05, 3.63) is 29.8 Å². The molecule has 0 aliphatic rings. The van der Waals surface area contributed by atoms with Crippen LogP contribution in [-0.2, 0) is 26.1 Å². The summed E-state index contributed by atoms with van der Waals surface area (Å²) in [5, 5.41) is 11.3. The molecule has 0 spiro atoms. The van der Waals surface area contributed by atoms with Crippen molar-refractivity contribution in [2.75, 3.05) is 0 Å². The smallest absolute Gasteiger partial charge is 0.480 e. The second kappa shape index (κ2) is 8.03. The molecule has 1 atom stereocenters. The predicted molar refractivity (Wildman–Crippen MR) is 86.5 cm³/mol. The molecule has 2 N–H and O–H groups in total. The molecule has 0 unspecified atom stereocenters. The van der Waals surface area contributed by atoms with Gasteiger partial charge in [0.1, 0.15) is 17.4 Å². The van der Waals surface area contributed by atoms with E-state index in [4.69, 9.17) is 4.74 Å². The van der Waals surface area contributed by atoms with Crippen molar-refractivity contribution < 1.29 is 45.2 Å². The van der Waals surface area contributed by atoms with Crippen molar-refractivity contribution >= 4 is 22.2 Å². The Morgan fingerprint density at radius 3 is 2.07 bits per heavy atom. The first-order valence-corrected chi connectivity index (χ1v) is 8.83. The fourth-order valence-corrected chi connectivity index (χ4v) is 2.20. The van der Waals surface area contributed by atoms with Gasteiger partial charge in [0, 0.05) is 6.42 Å². The minimum atomic E-state index is -5.80. The number of hydrogen-bond donors (Lipinski definition) is 2. The molecule has 0 aromatic heterocycles. The molecule has 0 aliphatic carbocycles. The zero-order valence-electron chi connectivity index (χ0n) is 14.5. The van der Waals surface area contributed by atoms with Gasteiger partial charge < -0.3 is 19.3 Å². The Hall–Kier alpha value is -2.50. The fourth-order valence-electron chi connectivity index (χ4n) is 1.74. The number of carbonyl (C=O) groups is 2. The number of alkyl halides is 3. The molecule has 0 saturated carbocycles. The molecule has 0 aliphatic heterocycles. The molecule has 0 radical (unpaired) electrons. The highest BCUT2D eigenvalue weighted by Crippen LogP contribution is 2.27. The SMILES string of the molecule is CC(C)(C)OC(=O)N[C@H](Cc1ccc(OS(=O)(=O)C(F)(F)F)cc1)C(=O)O. The molecular weight excluding hydrogens is 395 g/mol. The standard InChI is InChI=1S/C15H18F3NO7S/c1-14(2,3)25-13(22)19-11(12(20)21)8-9-4-6-10(7-5-9)26-27(23,24)15(16,17)18/h4-7,11H,8H2,1-3H3,(H,19,22)(H,20,21)/t11-/m1/s1. The lowest BCUT2D eigenvalue weighted by molar-refractivity contribution is -0.139. The lowest BCUT2D eigenvalue weighted by Gasteiger charge is -2.22. The van der Waals surface area contributed by atoms with E-state index in [0.29, 0.717) is 5.56 Å². The molecule has 8 nitrogen and oxygen atoms in total. The van der Waals surface area contributed by atoms with E-state index in [1.165, 1.54) is 12.1 Å². The van der Waals surface area contributed by atoms with Gasteiger partial charge in [-0.1, -0.05) is 12.1 Å². The van der Waals surface area contributed by atoms with Gasteiger partial charge in [0.2, 0.25) is 0 Å². The summed E-state index contributed by atoms with van der Waals surface area (Å²) >= 11 is 0. The number of halogens is 3. The van der Waals surface area contributed by atoms with E-state index in [2.05, 4.69) is 9.50 Å². The molecule has 1 aromatic rings. The summed E-state index contributed by atoms with van der Waals surface area (Å²) in [4.78, 5) is 22.9. The average molecular weight is 413 g/mol. The van der Waals surface area contributed by atoms with E-state index < -0.39 is 45.1 Å². The van der Waals surface area contributed by atoms with Crippen LogP contribution in [-0.4, -0.2) is 42.7 Å². The highest BCUT2D eigenvalue weighted by molar-refractivity contribution is 7.88. The molecule has 1 amide bonds. The van der Waals surface area contributed by atoms with E-state index in [0.717, 1.165) is 12.1 Å². The van der Waals surface area contributed by atoms with Crippen molar-refractivity contribution in [1.29, 1.82) is 0 Å². The number of aliphatic carboxylic acids is 1. The summed E-state index contributed by atoms with van der Waals surface area (Å²) in [6.07, 6.45) is -1.17. The normalized spacial score (nSPS) is 13.6. The molecule has 1 rings (SSSR count). The Morgan fingerprint density at radius 1 is 1.15 bits per heavy atom. The number of rotatable bonds is 6. The zero-order chi connectivity index (χ0) is 21.0. The molecule has 12 heteroatoms. The van der Waals surface area contributed by atoms with Gasteiger partial charge in [-0.15, -0.1) is 0 Å². The first-order valence-electron chi connectivity index (χ1n) is 7.43. The number of ether oxygens (including phenoxy) is 1. The fraction of sp³-hybridized carbons (Fsp3) is 0.467. The van der Waals surface area contributed by atoms with E-state index in [-0.39, 0.29) is 6.42 Å². The van der Waals surface area contributed by atoms with Crippen LogP contribution in [0.2, 0.25) is 0 Å². The van der Waals surface area contributed by atoms with E-state index in [9.17, 15) is 36.3 Å². The Kier molecular flexibility index (Phi) is 6.70. The Balaban J connectivity index is 2.82. The predicted octanol–water partition coefficient (Wildman–Crippen LogP) is 2.44. The van der Waals surface area contributed by atoms with Gasteiger partial charge >= 0.3 is 27.7 Å². The topological polar surface area (TPSA) is 119 Å². The van der Waals surface area contributed by atoms with Gasteiger partial charge in [0.05, 0.1) is 0 Å². The number of benzene rings is 1. The van der Waals surface area contributed by atoms with Crippen molar-refractivity contribution in [2.24, 2.45) is 0 Å². The third-order valence-electron chi connectivity index (χ3n) is 2.84. The summed E-state index contributed by atoms with van der Waals surface area (Å²) in [7, 11) is -5.80. The summed E-state index contributed by atoms with van der Waals surface area (Å²) in [6.45, 7) is 4.78. The monoisotopic (exact) mass is 413 g/mol. The van der Waals surface area contributed by atoms with Crippen LogP contribution < -0.4 is 9.50 Å². The summed E-state index contributed by atoms with van der Waals surface area (Å²) in [5.41, 5.74) is -6.11. The van der Waals surface area contributed by atoms with Gasteiger partial charge in [-0.25, -0.2) is 9.59 Å². The van der Waals surface area contributed by atoms with Crippen molar-refractivity contribution in [3.8, 4) is 5.75 Å². The Bertz CT molecular complexity index is 783. The van der Waals surface area contributed by atoms with Crippen LogP contribution >= 0.6 is 0 Å². The summed E-state index contributed by atoms with van der Waals surface area (Å²) < 4.78 is 67.5. The molecule has 27 heavy (non-hydrogen) atoms. The number of alkyl carbamates (subject to hydrolysis) is 1. The lowest BCUT2D eigenvalue weighted by Crippen LogP contribution is -2.44. The van der Waals surface area contributed by atoms with Crippen molar-refractivity contribution in [2.45, 2.75) is 44.3 Å². The van der Waals surface area contributed by atoms with Gasteiger partial charge in [0.15, 0.2) is 0 Å². The third kappa shape index (κ3) is 7.33. The Labute approximate surface area is 153 Å². The number of carboxylic acid groups (broad SMARTS) is 1. The molecule has 0 saturated heterocycles. The number of hydrogen-bond acceptors (Lipinski definition) is 6. The highest BCUT2D eigenvalue weighted by Gasteiger charge is 2.48. The van der Waals surface area contributed by atoms with Gasteiger partial charge in [-0.05, 0) is 38.5 Å². The van der Waals surface area contributed by atoms with E-state index >= 15 is 0 Å². The molecule has 0 heterocycles. The van der Waals surface area contributed by atoms with E-state index in [1.807, 2.05) is 0 Å². The third-order valence-corrected chi connectivity index (χ3v) is 3.82. The first-order chi connectivity index (χ1) is 12.1. The Morgan fingerprint density at radius 2 is 1.67 bits per heavy atom. The van der Waals surface area contributed by atoms with Crippen LogP contribution in [0.4, 0.5) is 18.0 Å². The van der Waals surface area contributed by atoms with Gasteiger partial charge in [-0.2, -0.15) is 21.6 Å². The molecule has 0 fully saturated rings. The zero-order valence-corrected chi connectivity index (χ0v) is 15.3. The summed E-state index contributed by atoms with van der Waals surface area (Å²) in [6, 6.07) is 2.85. The van der Waals surface area contributed by atoms with Crippen molar-refractivity contribution in [3.63, 3.8) is 0 Å². The highest BCUT2D eigenvalue weighted by atomic mass is 32.2. The second-order valence-corrected chi connectivity index (χ2v) is 7.91.